The first-order valence-corrected chi connectivity index (χ1v) is 9.88. The van der Waals surface area contributed by atoms with Gasteiger partial charge < -0.3 is 10.2 Å². The highest BCUT2D eigenvalue weighted by Gasteiger charge is 2.28. The maximum absolute atomic E-state index is 12.9. The number of benzene rings is 2. The highest BCUT2D eigenvalue weighted by Crippen LogP contribution is 2.15. The zero-order chi connectivity index (χ0) is 18.6. The van der Waals surface area contributed by atoms with Crippen LogP contribution in [0.5, 0.6) is 0 Å². The lowest BCUT2D eigenvalue weighted by atomic mass is 10.2. The van der Waals surface area contributed by atoms with Gasteiger partial charge in [-0.3, -0.25) is 0 Å². The van der Waals surface area contributed by atoms with Gasteiger partial charge in [0, 0.05) is 31.9 Å². The Labute approximate surface area is 152 Å². The number of hydrogen-bond donors (Lipinski definition) is 1. The zero-order valence-corrected chi connectivity index (χ0v) is 15.0. The number of rotatable bonds is 4. The fourth-order valence-corrected chi connectivity index (χ4v) is 4.30. The van der Waals surface area contributed by atoms with Crippen molar-refractivity contribution in [3.8, 4) is 0 Å². The van der Waals surface area contributed by atoms with E-state index in [0.717, 1.165) is 5.56 Å². The summed E-state index contributed by atoms with van der Waals surface area (Å²) in [4.78, 5) is 13.8. The van der Waals surface area contributed by atoms with Gasteiger partial charge in [-0.25, -0.2) is 17.6 Å². The van der Waals surface area contributed by atoms with Crippen LogP contribution in [0.3, 0.4) is 0 Å². The Bertz CT molecular complexity index is 849. The van der Waals surface area contributed by atoms with Gasteiger partial charge >= 0.3 is 6.03 Å². The van der Waals surface area contributed by atoms with E-state index in [1.807, 2.05) is 18.2 Å². The minimum atomic E-state index is -3.42. The lowest BCUT2D eigenvalue weighted by Crippen LogP contribution is -2.51. The summed E-state index contributed by atoms with van der Waals surface area (Å²) in [6, 6.07) is 14.2. The molecule has 1 aliphatic heterocycles. The first kappa shape index (κ1) is 18.3. The van der Waals surface area contributed by atoms with Crippen LogP contribution in [0.15, 0.2) is 54.6 Å². The third-order valence-electron chi connectivity index (χ3n) is 4.21. The molecule has 138 valence electrons. The number of amides is 2. The number of hydrogen-bond acceptors (Lipinski definition) is 3. The summed E-state index contributed by atoms with van der Waals surface area (Å²) >= 11 is 0. The smallest absolute Gasteiger partial charge is 0.321 e. The SMILES string of the molecule is O=C(Nc1ccc(F)cc1)N1CCN(S(=O)(=O)Cc2ccccc2)CC1. The third-order valence-corrected chi connectivity index (χ3v) is 6.06. The van der Waals surface area contributed by atoms with Crippen molar-refractivity contribution in [2.24, 2.45) is 0 Å². The van der Waals surface area contributed by atoms with E-state index in [1.165, 1.54) is 28.6 Å². The van der Waals surface area contributed by atoms with E-state index in [-0.39, 0.29) is 30.7 Å². The molecule has 1 N–H and O–H groups in total. The predicted molar refractivity (Wildman–Crippen MR) is 97.6 cm³/mol. The minimum absolute atomic E-state index is 0.0460. The summed E-state index contributed by atoms with van der Waals surface area (Å²) < 4.78 is 39.4. The molecule has 0 radical (unpaired) electrons. The molecule has 0 spiro atoms. The minimum Gasteiger partial charge on any atom is -0.322 e. The van der Waals surface area contributed by atoms with Crippen LogP contribution >= 0.6 is 0 Å². The predicted octanol–water partition coefficient (Wildman–Crippen LogP) is 2.51. The molecule has 6 nitrogen and oxygen atoms in total. The topological polar surface area (TPSA) is 69.7 Å². The zero-order valence-electron chi connectivity index (χ0n) is 14.1. The van der Waals surface area contributed by atoms with Crippen molar-refractivity contribution in [1.29, 1.82) is 0 Å². The standard InChI is InChI=1S/C18H20FN3O3S/c19-16-6-8-17(9-7-16)20-18(23)21-10-12-22(13-11-21)26(24,25)14-15-4-2-1-3-5-15/h1-9H,10-14H2,(H,20,23). The number of carbonyl (C=O) groups excluding carboxylic acids is 1. The van der Waals surface area contributed by atoms with Crippen LogP contribution < -0.4 is 5.32 Å². The molecule has 0 aliphatic carbocycles. The molecule has 8 heteroatoms. The Kier molecular flexibility index (Phi) is 5.53. The first-order valence-electron chi connectivity index (χ1n) is 8.27. The number of carbonyl (C=O) groups is 1. The Morgan fingerprint density at radius 2 is 1.58 bits per heavy atom. The molecule has 0 aromatic heterocycles. The second kappa shape index (κ2) is 7.84. The Balaban J connectivity index is 1.54. The molecule has 2 aromatic rings. The number of sulfonamides is 1. The Morgan fingerprint density at radius 3 is 2.19 bits per heavy atom. The summed E-state index contributed by atoms with van der Waals surface area (Å²) in [5.74, 6) is -0.421. The summed E-state index contributed by atoms with van der Waals surface area (Å²) in [5, 5.41) is 2.68. The van der Waals surface area contributed by atoms with Gasteiger partial charge in [-0.2, -0.15) is 4.31 Å². The van der Waals surface area contributed by atoms with Crippen LogP contribution in [-0.4, -0.2) is 49.8 Å². The van der Waals surface area contributed by atoms with Crippen molar-refractivity contribution in [1.82, 2.24) is 9.21 Å². The van der Waals surface area contributed by atoms with Gasteiger partial charge in [0.1, 0.15) is 5.82 Å². The van der Waals surface area contributed by atoms with Crippen LogP contribution in [-0.2, 0) is 15.8 Å². The molecule has 2 aromatic carbocycles. The molecule has 1 saturated heterocycles. The van der Waals surface area contributed by atoms with Crippen LogP contribution in [0.2, 0.25) is 0 Å². The van der Waals surface area contributed by atoms with Gasteiger partial charge in [-0.05, 0) is 29.8 Å². The summed E-state index contributed by atoms with van der Waals surface area (Å²) in [7, 11) is -3.42. The normalized spacial score (nSPS) is 15.7. The van der Waals surface area contributed by atoms with Gasteiger partial charge in [-0.1, -0.05) is 30.3 Å². The molecule has 0 atom stereocenters. The fraction of sp³-hybridized carbons (Fsp3) is 0.278. The summed E-state index contributed by atoms with van der Waals surface area (Å²) in [5.41, 5.74) is 1.24. The van der Waals surface area contributed by atoms with E-state index in [4.69, 9.17) is 0 Å². The number of nitrogens with one attached hydrogen (secondary N) is 1. The molecule has 2 amide bonds. The largest absolute Gasteiger partial charge is 0.322 e. The van der Waals surface area contributed by atoms with Crippen LogP contribution in [0.25, 0.3) is 0 Å². The molecular weight excluding hydrogens is 357 g/mol. The highest BCUT2D eigenvalue weighted by molar-refractivity contribution is 7.88. The van der Waals surface area contributed by atoms with Gasteiger partial charge in [0.15, 0.2) is 0 Å². The van der Waals surface area contributed by atoms with Gasteiger partial charge in [0.25, 0.3) is 0 Å². The second-order valence-electron chi connectivity index (χ2n) is 6.06. The lowest BCUT2D eigenvalue weighted by molar-refractivity contribution is 0.184. The average molecular weight is 377 g/mol. The maximum atomic E-state index is 12.9. The van der Waals surface area contributed by atoms with Crippen molar-refractivity contribution in [2.45, 2.75) is 5.75 Å². The molecule has 3 rings (SSSR count). The fourth-order valence-electron chi connectivity index (χ4n) is 2.78. The van der Waals surface area contributed by atoms with Crippen LogP contribution in [0.1, 0.15) is 5.56 Å². The molecule has 1 fully saturated rings. The number of urea groups is 1. The number of anilines is 1. The molecular formula is C18H20FN3O3S. The van der Waals surface area contributed by atoms with Crippen molar-refractivity contribution in [3.63, 3.8) is 0 Å². The first-order chi connectivity index (χ1) is 12.4. The number of piperazine rings is 1. The molecule has 0 unspecified atom stereocenters. The molecule has 0 saturated carbocycles. The van der Waals surface area contributed by atoms with Gasteiger partial charge in [0.2, 0.25) is 10.0 Å². The van der Waals surface area contributed by atoms with Gasteiger partial charge in [-0.15, -0.1) is 0 Å². The maximum Gasteiger partial charge on any atom is 0.321 e. The van der Waals surface area contributed by atoms with E-state index >= 15 is 0 Å². The van der Waals surface area contributed by atoms with Crippen molar-refractivity contribution >= 4 is 21.7 Å². The average Bonchev–Trinajstić information content (AvgIpc) is 2.64. The van der Waals surface area contributed by atoms with E-state index < -0.39 is 10.0 Å². The molecule has 1 heterocycles. The van der Waals surface area contributed by atoms with Crippen LogP contribution in [0, 0.1) is 5.82 Å². The van der Waals surface area contributed by atoms with Crippen molar-refractivity contribution in [3.05, 3.63) is 66.0 Å². The van der Waals surface area contributed by atoms with Crippen LogP contribution in [0.4, 0.5) is 14.9 Å². The van der Waals surface area contributed by atoms with Crippen molar-refractivity contribution in [2.75, 3.05) is 31.5 Å². The molecule has 1 aliphatic rings. The Hall–Kier alpha value is -2.45. The third kappa shape index (κ3) is 4.59. The second-order valence-corrected chi connectivity index (χ2v) is 8.03. The summed E-state index contributed by atoms with van der Waals surface area (Å²) in [6.45, 7) is 1.13. The van der Waals surface area contributed by atoms with E-state index in [9.17, 15) is 17.6 Å². The van der Waals surface area contributed by atoms with Gasteiger partial charge in [0.05, 0.1) is 5.75 Å². The van der Waals surface area contributed by atoms with Crippen molar-refractivity contribution < 1.29 is 17.6 Å². The summed E-state index contributed by atoms with van der Waals surface area (Å²) in [6.07, 6.45) is 0. The Morgan fingerprint density at radius 1 is 0.962 bits per heavy atom. The van der Waals surface area contributed by atoms with E-state index in [1.54, 1.807) is 17.0 Å². The number of nitrogens with zero attached hydrogens (tertiary/aromatic N) is 2. The monoisotopic (exact) mass is 377 g/mol. The van der Waals surface area contributed by atoms with E-state index in [2.05, 4.69) is 5.32 Å². The lowest BCUT2D eigenvalue weighted by Gasteiger charge is -2.34. The molecule has 0 bridgehead atoms. The number of halogens is 1. The highest BCUT2D eigenvalue weighted by atomic mass is 32.2. The van der Waals surface area contributed by atoms with E-state index in [0.29, 0.717) is 18.8 Å². The molecule has 26 heavy (non-hydrogen) atoms. The quantitative estimate of drug-likeness (QED) is 0.890.